The number of nitrogens with zero attached hydrogens (tertiary/aromatic N) is 1. The summed E-state index contributed by atoms with van der Waals surface area (Å²) in [6, 6.07) is 6.56. The molecule has 4 nitrogen and oxygen atoms in total. The summed E-state index contributed by atoms with van der Waals surface area (Å²) in [6.07, 6.45) is 0. The molecule has 0 saturated carbocycles. The molecule has 1 aromatic carbocycles. The zero-order valence-corrected chi connectivity index (χ0v) is 10.5. The molecule has 0 saturated heterocycles. The fourth-order valence-electron chi connectivity index (χ4n) is 1.36. The Morgan fingerprint density at radius 1 is 1.59 bits per heavy atom. The van der Waals surface area contributed by atoms with Gasteiger partial charge in [0.1, 0.15) is 12.1 Å². The summed E-state index contributed by atoms with van der Waals surface area (Å²) in [7, 11) is 0. The summed E-state index contributed by atoms with van der Waals surface area (Å²) in [5.74, 6) is -0.105. The summed E-state index contributed by atoms with van der Waals surface area (Å²) in [5.41, 5.74) is 1.03. The predicted molar refractivity (Wildman–Crippen MR) is 67.9 cm³/mol. The van der Waals surface area contributed by atoms with Crippen LogP contribution in [0.15, 0.2) is 18.2 Å². The molecule has 1 unspecified atom stereocenters. The van der Waals surface area contributed by atoms with Gasteiger partial charge in [0.15, 0.2) is 0 Å². The van der Waals surface area contributed by atoms with Gasteiger partial charge in [0, 0.05) is 11.6 Å². The summed E-state index contributed by atoms with van der Waals surface area (Å²) in [5, 5.41) is 15.1. The van der Waals surface area contributed by atoms with Crippen LogP contribution in [0, 0.1) is 11.3 Å². The molecule has 0 aliphatic rings. The van der Waals surface area contributed by atoms with Gasteiger partial charge in [-0.3, -0.25) is 4.79 Å². The molecule has 1 atom stereocenters. The van der Waals surface area contributed by atoms with Crippen LogP contribution in [0.4, 0.5) is 5.69 Å². The molecule has 0 fully saturated rings. The van der Waals surface area contributed by atoms with E-state index in [1.807, 2.05) is 13.0 Å². The maximum absolute atomic E-state index is 11.5. The van der Waals surface area contributed by atoms with Crippen LogP contribution in [0.2, 0.25) is 5.02 Å². The van der Waals surface area contributed by atoms with Crippen LogP contribution >= 0.6 is 11.6 Å². The highest BCUT2D eigenvalue weighted by atomic mass is 35.5. The van der Waals surface area contributed by atoms with Crippen LogP contribution in [0.3, 0.4) is 0 Å². The molecule has 0 aliphatic heterocycles. The monoisotopic (exact) mass is 251 g/mol. The molecule has 0 bridgehead atoms. The molecule has 90 valence electrons. The zero-order chi connectivity index (χ0) is 12.8. The summed E-state index contributed by atoms with van der Waals surface area (Å²) in [4.78, 5) is 11.5. The van der Waals surface area contributed by atoms with Gasteiger partial charge in [-0.1, -0.05) is 11.6 Å². The van der Waals surface area contributed by atoms with Crippen molar-refractivity contribution in [3.05, 3.63) is 28.8 Å². The number of nitrogens with one attached hydrogen (secondary N) is 2. The van der Waals surface area contributed by atoms with Crippen LogP contribution < -0.4 is 10.6 Å². The number of carbonyl (C=O) groups excluding carboxylic acids is 1. The minimum absolute atomic E-state index is 0.105. The predicted octanol–water partition coefficient (Wildman–Crippen LogP) is 2.15. The first-order valence-corrected chi connectivity index (χ1v) is 5.70. The third kappa shape index (κ3) is 3.65. The molecule has 0 heterocycles. The quantitative estimate of drug-likeness (QED) is 0.862. The minimum atomic E-state index is -0.400. The molecule has 0 spiro atoms. The fraction of sp³-hybridized carbons (Fsp3) is 0.333. The van der Waals surface area contributed by atoms with Crippen LogP contribution in [-0.4, -0.2) is 18.5 Å². The van der Waals surface area contributed by atoms with Crippen molar-refractivity contribution in [1.29, 1.82) is 5.26 Å². The maximum Gasteiger partial charge on any atom is 0.242 e. The van der Waals surface area contributed by atoms with Gasteiger partial charge in [0.05, 0.1) is 11.3 Å². The van der Waals surface area contributed by atoms with E-state index < -0.39 is 6.04 Å². The van der Waals surface area contributed by atoms with Gasteiger partial charge in [-0.05, 0) is 32.0 Å². The molecular weight excluding hydrogens is 238 g/mol. The lowest BCUT2D eigenvalue weighted by atomic mass is 10.1. The van der Waals surface area contributed by atoms with Crippen molar-refractivity contribution in [1.82, 2.24) is 5.32 Å². The van der Waals surface area contributed by atoms with E-state index in [1.54, 1.807) is 25.1 Å². The van der Waals surface area contributed by atoms with Gasteiger partial charge in [-0.2, -0.15) is 5.26 Å². The second kappa shape index (κ2) is 6.12. The van der Waals surface area contributed by atoms with Crippen LogP contribution in [0.1, 0.15) is 19.4 Å². The molecule has 0 radical (unpaired) electrons. The van der Waals surface area contributed by atoms with E-state index >= 15 is 0 Å². The Labute approximate surface area is 106 Å². The van der Waals surface area contributed by atoms with Gasteiger partial charge in [0.2, 0.25) is 5.91 Å². The summed E-state index contributed by atoms with van der Waals surface area (Å²) >= 11 is 5.79. The summed E-state index contributed by atoms with van der Waals surface area (Å²) in [6.45, 7) is 4.17. The van der Waals surface area contributed by atoms with E-state index in [2.05, 4.69) is 10.6 Å². The number of likely N-dealkylation sites (N-methyl/N-ethyl adjacent to an activating group) is 1. The number of carbonyl (C=O) groups is 1. The van der Waals surface area contributed by atoms with E-state index in [4.69, 9.17) is 16.9 Å². The molecule has 1 rings (SSSR count). The van der Waals surface area contributed by atoms with Gasteiger partial charge < -0.3 is 10.6 Å². The first kappa shape index (κ1) is 13.3. The molecule has 1 aromatic rings. The first-order valence-electron chi connectivity index (χ1n) is 5.32. The van der Waals surface area contributed by atoms with Gasteiger partial charge in [-0.15, -0.1) is 0 Å². The largest absolute Gasteiger partial charge is 0.373 e. The number of anilines is 1. The Morgan fingerprint density at radius 3 is 2.88 bits per heavy atom. The van der Waals surface area contributed by atoms with E-state index in [0.717, 1.165) is 0 Å². The highest BCUT2D eigenvalue weighted by Gasteiger charge is 2.13. The van der Waals surface area contributed by atoms with Crippen molar-refractivity contribution < 1.29 is 4.79 Å². The Morgan fingerprint density at radius 2 is 2.29 bits per heavy atom. The van der Waals surface area contributed by atoms with Crippen LogP contribution in [-0.2, 0) is 4.79 Å². The molecule has 1 amide bonds. The average molecular weight is 252 g/mol. The molecule has 0 aromatic heterocycles. The molecule has 0 aliphatic carbocycles. The van der Waals surface area contributed by atoms with E-state index in [0.29, 0.717) is 22.8 Å². The van der Waals surface area contributed by atoms with Crippen molar-refractivity contribution in [2.75, 3.05) is 11.9 Å². The van der Waals surface area contributed by atoms with Gasteiger partial charge in [-0.25, -0.2) is 0 Å². The van der Waals surface area contributed by atoms with Crippen molar-refractivity contribution in [2.45, 2.75) is 19.9 Å². The van der Waals surface area contributed by atoms with Crippen LogP contribution in [0.25, 0.3) is 0 Å². The van der Waals surface area contributed by atoms with E-state index in [-0.39, 0.29) is 5.91 Å². The molecular formula is C12H14ClN3O. The lowest BCUT2D eigenvalue weighted by Crippen LogP contribution is -2.37. The number of rotatable bonds is 4. The number of benzene rings is 1. The topological polar surface area (TPSA) is 64.9 Å². The Bertz CT molecular complexity index is 454. The standard InChI is InChI=1S/C12H14ClN3O/c1-3-15-12(17)8(2)16-11-5-4-10(13)6-9(11)7-14/h4-6,8,16H,3H2,1-2H3,(H,15,17). The number of hydrogen-bond acceptors (Lipinski definition) is 3. The zero-order valence-electron chi connectivity index (χ0n) is 9.75. The minimum Gasteiger partial charge on any atom is -0.373 e. The normalized spacial score (nSPS) is 11.4. The number of hydrogen-bond donors (Lipinski definition) is 2. The van der Waals surface area contributed by atoms with Gasteiger partial charge >= 0.3 is 0 Å². The SMILES string of the molecule is CCNC(=O)C(C)Nc1ccc(Cl)cc1C#N. The number of halogens is 1. The average Bonchev–Trinajstić information content (AvgIpc) is 2.31. The Kier molecular flexibility index (Phi) is 4.80. The fourth-order valence-corrected chi connectivity index (χ4v) is 1.53. The maximum atomic E-state index is 11.5. The number of nitriles is 1. The second-order valence-electron chi connectivity index (χ2n) is 3.56. The first-order chi connectivity index (χ1) is 8.08. The Balaban J connectivity index is 2.82. The highest BCUT2D eigenvalue weighted by Crippen LogP contribution is 2.20. The van der Waals surface area contributed by atoms with Crippen molar-refractivity contribution >= 4 is 23.2 Å². The Hall–Kier alpha value is -1.73. The van der Waals surface area contributed by atoms with Crippen molar-refractivity contribution in [3.8, 4) is 6.07 Å². The van der Waals surface area contributed by atoms with E-state index in [9.17, 15) is 4.79 Å². The second-order valence-corrected chi connectivity index (χ2v) is 4.00. The molecule has 5 heteroatoms. The van der Waals surface area contributed by atoms with Crippen LogP contribution in [0.5, 0.6) is 0 Å². The third-order valence-electron chi connectivity index (χ3n) is 2.22. The van der Waals surface area contributed by atoms with E-state index in [1.165, 1.54) is 0 Å². The van der Waals surface area contributed by atoms with Crippen molar-refractivity contribution in [2.24, 2.45) is 0 Å². The lowest BCUT2D eigenvalue weighted by molar-refractivity contribution is -0.121. The van der Waals surface area contributed by atoms with Gasteiger partial charge in [0.25, 0.3) is 0 Å². The number of amides is 1. The lowest BCUT2D eigenvalue weighted by Gasteiger charge is -2.15. The third-order valence-corrected chi connectivity index (χ3v) is 2.45. The molecule has 2 N–H and O–H groups in total. The summed E-state index contributed by atoms with van der Waals surface area (Å²) < 4.78 is 0. The smallest absolute Gasteiger partial charge is 0.242 e. The molecule has 17 heavy (non-hydrogen) atoms. The van der Waals surface area contributed by atoms with Crippen molar-refractivity contribution in [3.63, 3.8) is 0 Å². The highest BCUT2D eigenvalue weighted by molar-refractivity contribution is 6.30.